The van der Waals surface area contributed by atoms with Crippen LogP contribution in [-0.4, -0.2) is 9.97 Å². The first-order valence-electron chi connectivity index (χ1n) is 6.84. The van der Waals surface area contributed by atoms with Crippen LogP contribution in [0.3, 0.4) is 0 Å². The minimum Gasteiger partial charge on any atom is -0.310 e. The molecule has 20 heavy (non-hydrogen) atoms. The molecule has 1 aromatic carbocycles. The molecule has 4 heteroatoms. The normalized spacial score (nSPS) is 15.3. The maximum absolute atomic E-state index is 13.0. The highest BCUT2D eigenvalue weighted by Gasteiger charge is 2.30. The molecule has 0 saturated heterocycles. The number of aromatic amines is 1. The summed E-state index contributed by atoms with van der Waals surface area (Å²) in [6.45, 7) is 3.96. The van der Waals surface area contributed by atoms with Gasteiger partial charge in [-0.2, -0.15) is 0 Å². The minimum atomic E-state index is -0.461. The second kappa shape index (κ2) is 4.54. The van der Waals surface area contributed by atoms with E-state index in [-0.39, 0.29) is 11.4 Å². The van der Waals surface area contributed by atoms with Crippen molar-refractivity contribution in [2.45, 2.75) is 38.0 Å². The zero-order chi connectivity index (χ0) is 14.3. The summed E-state index contributed by atoms with van der Waals surface area (Å²) < 4.78 is 13.0. The molecule has 1 aromatic heterocycles. The zero-order valence-corrected chi connectivity index (χ0v) is 11.6. The Bertz CT molecular complexity index is 684. The molecule has 0 aliphatic heterocycles. The van der Waals surface area contributed by atoms with Crippen molar-refractivity contribution in [1.29, 1.82) is 0 Å². The van der Waals surface area contributed by atoms with Crippen LogP contribution in [0.1, 0.15) is 49.7 Å². The summed E-state index contributed by atoms with van der Waals surface area (Å²) in [6, 6.07) is 7.92. The maximum Gasteiger partial charge on any atom is 0.251 e. The Kier molecular flexibility index (Phi) is 2.96. The Balaban J connectivity index is 2.05. The van der Waals surface area contributed by atoms with Gasteiger partial charge in [-0.15, -0.1) is 0 Å². The zero-order valence-electron chi connectivity index (χ0n) is 11.6. The van der Waals surface area contributed by atoms with E-state index in [1.165, 1.54) is 12.1 Å². The standard InChI is InChI=1S/C16H17FN2O/c1-16(2,11-5-7-12(17)8-6-11)15-18-13(10-3-4-10)9-14(20)19-15/h5-10H,3-4H2,1-2H3,(H,18,19,20). The molecule has 0 spiro atoms. The number of benzene rings is 1. The molecule has 1 heterocycles. The van der Waals surface area contributed by atoms with Gasteiger partial charge in [-0.25, -0.2) is 9.37 Å². The van der Waals surface area contributed by atoms with Crippen LogP contribution in [0.2, 0.25) is 0 Å². The number of aromatic nitrogens is 2. The van der Waals surface area contributed by atoms with E-state index in [0.29, 0.717) is 11.7 Å². The van der Waals surface area contributed by atoms with Gasteiger partial charge in [-0.1, -0.05) is 12.1 Å². The van der Waals surface area contributed by atoms with Crippen LogP contribution in [0, 0.1) is 5.82 Å². The number of nitrogens with zero attached hydrogens (tertiary/aromatic N) is 1. The van der Waals surface area contributed by atoms with Crippen LogP contribution in [0.25, 0.3) is 0 Å². The second-order valence-corrected chi connectivity index (χ2v) is 5.93. The third-order valence-corrected chi connectivity index (χ3v) is 3.92. The van der Waals surface area contributed by atoms with Crippen LogP contribution in [0.4, 0.5) is 4.39 Å². The van der Waals surface area contributed by atoms with Gasteiger partial charge in [0, 0.05) is 17.4 Å². The lowest BCUT2D eigenvalue weighted by Gasteiger charge is -2.24. The number of hydrogen-bond donors (Lipinski definition) is 1. The Morgan fingerprint density at radius 1 is 1.25 bits per heavy atom. The summed E-state index contributed by atoms with van der Waals surface area (Å²) in [5.74, 6) is 0.802. The van der Waals surface area contributed by atoms with Gasteiger partial charge in [0.25, 0.3) is 5.56 Å². The number of nitrogens with one attached hydrogen (secondary N) is 1. The van der Waals surface area contributed by atoms with Crippen LogP contribution < -0.4 is 5.56 Å². The Hall–Kier alpha value is -1.97. The quantitative estimate of drug-likeness (QED) is 0.933. The van der Waals surface area contributed by atoms with Crippen molar-refractivity contribution < 1.29 is 4.39 Å². The minimum absolute atomic E-state index is 0.118. The van der Waals surface area contributed by atoms with Crippen LogP contribution in [-0.2, 0) is 5.41 Å². The molecule has 0 unspecified atom stereocenters. The van der Waals surface area contributed by atoms with Gasteiger partial charge in [0.2, 0.25) is 0 Å². The van der Waals surface area contributed by atoms with Gasteiger partial charge < -0.3 is 4.98 Å². The molecule has 0 radical (unpaired) electrons. The van der Waals surface area contributed by atoms with Crippen LogP contribution in [0.5, 0.6) is 0 Å². The fraction of sp³-hybridized carbons (Fsp3) is 0.375. The molecule has 1 saturated carbocycles. The smallest absolute Gasteiger partial charge is 0.251 e. The van der Waals surface area contributed by atoms with Crippen LogP contribution in [0.15, 0.2) is 35.1 Å². The van der Waals surface area contributed by atoms with Crippen molar-refractivity contribution >= 4 is 0 Å². The predicted octanol–water partition coefficient (Wildman–Crippen LogP) is 3.11. The first-order chi connectivity index (χ1) is 9.46. The second-order valence-electron chi connectivity index (χ2n) is 5.93. The lowest BCUT2D eigenvalue weighted by Crippen LogP contribution is -2.26. The first-order valence-corrected chi connectivity index (χ1v) is 6.84. The molecule has 3 nitrogen and oxygen atoms in total. The van der Waals surface area contributed by atoms with Gasteiger partial charge in [-0.3, -0.25) is 4.79 Å². The third kappa shape index (κ3) is 2.38. The number of hydrogen-bond acceptors (Lipinski definition) is 2. The highest BCUT2D eigenvalue weighted by molar-refractivity contribution is 5.31. The van der Waals surface area contributed by atoms with Crippen molar-refractivity contribution in [1.82, 2.24) is 9.97 Å². The molecule has 1 fully saturated rings. The monoisotopic (exact) mass is 272 g/mol. The average Bonchev–Trinajstić information content (AvgIpc) is 3.23. The summed E-state index contributed by atoms with van der Waals surface area (Å²) in [5, 5.41) is 0. The molecule has 1 aliphatic rings. The fourth-order valence-electron chi connectivity index (χ4n) is 2.36. The molecular formula is C16H17FN2O. The molecule has 0 bridgehead atoms. The lowest BCUT2D eigenvalue weighted by atomic mass is 9.83. The molecule has 3 rings (SSSR count). The Labute approximate surface area is 116 Å². The van der Waals surface area contributed by atoms with Crippen molar-refractivity contribution in [3.8, 4) is 0 Å². The van der Waals surface area contributed by atoms with Crippen molar-refractivity contribution in [3.05, 3.63) is 63.6 Å². The van der Waals surface area contributed by atoms with Gasteiger partial charge >= 0.3 is 0 Å². The van der Waals surface area contributed by atoms with E-state index in [2.05, 4.69) is 9.97 Å². The largest absolute Gasteiger partial charge is 0.310 e. The van der Waals surface area contributed by atoms with E-state index < -0.39 is 5.41 Å². The van der Waals surface area contributed by atoms with Crippen LogP contribution >= 0.6 is 0 Å². The summed E-state index contributed by atoms with van der Waals surface area (Å²) in [5.41, 5.74) is 1.22. The van der Waals surface area contributed by atoms with E-state index in [1.54, 1.807) is 18.2 Å². The van der Waals surface area contributed by atoms with Crippen molar-refractivity contribution in [3.63, 3.8) is 0 Å². The summed E-state index contributed by atoms with van der Waals surface area (Å²) >= 11 is 0. The molecule has 2 aromatic rings. The number of halogens is 1. The van der Waals surface area contributed by atoms with Gasteiger partial charge in [-0.05, 0) is 44.4 Å². The van der Waals surface area contributed by atoms with Crippen molar-refractivity contribution in [2.24, 2.45) is 0 Å². The van der Waals surface area contributed by atoms with E-state index in [4.69, 9.17) is 0 Å². The summed E-state index contributed by atoms with van der Waals surface area (Å²) in [4.78, 5) is 19.3. The molecule has 1 aliphatic carbocycles. The van der Waals surface area contributed by atoms with E-state index in [9.17, 15) is 9.18 Å². The predicted molar refractivity (Wildman–Crippen MR) is 75.4 cm³/mol. The van der Waals surface area contributed by atoms with E-state index in [1.807, 2.05) is 13.8 Å². The van der Waals surface area contributed by atoms with Gasteiger partial charge in [0.1, 0.15) is 11.6 Å². The average molecular weight is 272 g/mol. The van der Waals surface area contributed by atoms with Gasteiger partial charge in [0.05, 0.1) is 5.69 Å². The molecule has 0 amide bonds. The molecule has 104 valence electrons. The summed E-state index contributed by atoms with van der Waals surface area (Å²) in [7, 11) is 0. The Morgan fingerprint density at radius 3 is 2.50 bits per heavy atom. The number of rotatable bonds is 3. The molecule has 0 atom stereocenters. The maximum atomic E-state index is 13.0. The fourth-order valence-corrected chi connectivity index (χ4v) is 2.36. The lowest BCUT2D eigenvalue weighted by molar-refractivity contribution is 0.576. The third-order valence-electron chi connectivity index (χ3n) is 3.92. The highest BCUT2D eigenvalue weighted by Crippen LogP contribution is 2.39. The SMILES string of the molecule is CC(C)(c1ccc(F)cc1)c1nc(C2CC2)cc(=O)[nH]1. The van der Waals surface area contributed by atoms with E-state index in [0.717, 1.165) is 24.1 Å². The molecular weight excluding hydrogens is 255 g/mol. The Morgan fingerprint density at radius 2 is 1.90 bits per heavy atom. The highest BCUT2D eigenvalue weighted by atomic mass is 19.1. The van der Waals surface area contributed by atoms with E-state index >= 15 is 0 Å². The first kappa shape index (κ1) is 13.0. The van der Waals surface area contributed by atoms with Gasteiger partial charge in [0.15, 0.2) is 0 Å². The summed E-state index contributed by atoms with van der Waals surface area (Å²) in [6.07, 6.45) is 2.21. The number of H-pyrrole nitrogens is 1. The topological polar surface area (TPSA) is 45.8 Å². The van der Waals surface area contributed by atoms with Crippen molar-refractivity contribution in [2.75, 3.05) is 0 Å². The molecule has 1 N–H and O–H groups in total.